The van der Waals surface area contributed by atoms with Gasteiger partial charge in [0.1, 0.15) is 0 Å². The molecule has 2 atom stereocenters. The van der Waals surface area contributed by atoms with Crippen LogP contribution in [0, 0.1) is 5.92 Å². The van der Waals surface area contributed by atoms with Crippen LogP contribution in [0.15, 0.2) is 0 Å². The molecule has 0 aromatic carbocycles. The molecule has 0 aromatic heterocycles. The Labute approximate surface area is 84.2 Å². The zero-order valence-electron chi connectivity index (χ0n) is 8.95. The van der Waals surface area contributed by atoms with Crippen LogP contribution in [0.4, 0.5) is 0 Å². The number of esters is 1. The molecule has 1 aliphatic heterocycles. The van der Waals surface area contributed by atoms with Crippen LogP contribution in [0.3, 0.4) is 0 Å². The third-order valence-corrected chi connectivity index (χ3v) is 2.82. The van der Waals surface area contributed by atoms with Gasteiger partial charge >= 0.3 is 5.97 Å². The quantitative estimate of drug-likeness (QED) is 0.632. The van der Waals surface area contributed by atoms with Gasteiger partial charge in [0.05, 0.1) is 13.0 Å². The number of methoxy groups -OCH3 is 1. The van der Waals surface area contributed by atoms with Gasteiger partial charge in [-0.25, -0.2) is 0 Å². The summed E-state index contributed by atoms with van der Waals surface area (Å²) in [5, 5.41) is 0. The smallest absolute Gasteiger partial charge is 0.310 e. The Bertz CT molecular complexity index is 240. The van der Waals surface area contributed by atoms with E-state index in [4.69, 9.17) is 0 Å². The van der Waals surface area contributed by atoms with Gasteiger partial charge in [0.25, 0.3) is 0 Å². The maximum absolute atomic E-state index is 11.5. The molecule has 1 aliphatic rings. The maximum atomic E-state index is 11.5. The van der Waals surface area contributed by atoms with Crippen molar-refractivity contribution in [2.75, 3.05) is 13.7 Å². The molecule has 80 valence electrons. The Kier molecular flexibility index (Phi) is 3.49. The van der Waals surface area contributed by atoms with Gasteiger partial charge in [-0.1, -0.05) is 6.92 Å². The van der Waals surface area contributed by atoms with E-state index in [1.165, 1.54) is 7.11 Å². The van der Waals surface area contributed by atoms with E-state index in [2.05, 4.69) is 4.74 Å². The van der Waals surface area contributed by atoms with Crippen molar-refractivity contribution in [1.82, 2.24) is 4.90 Å². The molecule has 1 amide bonds. The van der Waals surface area contributed by atoms with Crippen molar-refractivity contribution >= 4 is 11.9 Å². The molecule has 1 saturated heterocycles. The van der Waals surface area contributed by atoms with E-state index >= 15 is 0 Å². The summed E-state index contributed by atoms with van der Waals surface area (Å²) >= 11 is 0. The summed E-state index contributed by atoms with van der Waals surface area (Å²) in [4.78, 5) is 24.5. The van der Waals surface area contributed by atoms with Gasteiger partial charge in [0.15, 0.2) is 0 Å². The van der Waals surface area contributed by atoms with Crippen molar-refractivity contribution in [1.29, 1.82) is 0 Å². The third kappa shape index (κ3) is 2.05. The van der Waals surface area contributed by atoms with Gasteiger partial charge in [-0.3, -0.25) is 9.59 Å². The molecule has 1 fully saturated rings. The molecule has 0 radical (unpaired) electrons. The zero-order chi connectivity index (χ0) is 10.7. The SMILES string of the molecule is CCC(C)N1CC(C(=O)OC)CC1=O. The molecule has 1 heterocycles. The van der Waals surface area contributed by atoms with E-state index in [0.29, 0.717) is 13.0 Å². The number of ether oxygens (including phenoxy) is 1. The molecule has 14 heavy (non-hydrogen) atoms. The van der Waals surface area contributed by atoms with Crippen LogP contribution in [-0.2, 0) is 14.3 Å². The molecule has 0 aromatic rings. The second-order valence-electron chi connectivity index (χ2n) is 3.73. The Hall–Kier alpha value is -1.06. The van der Waals surface area contributed by atoms with Gasteiger partial charge in [-0.15, -0.1) is 0 Å². The largest absolute Gasteiger partial charge is 0.469 e. The predicted molar refractivity (Wildman–Crippen MR) is 51.6 cm³/mol. The molecule has 0 saturated carbocycles. The van der Waals surface area contributed by atoms with Crippen LogP contribution in [0.5, 0.6) is 0 Å². The first kappa shape index (κ1) is 11.0. The fourth-order valence-electron chi connectivity index (χ4n) is 1.70. The second-order valence-corrected chi connectivity index (χ2v) is 3.73. The van der Waals surface area contributed by atoms with Crippen molar-refractivity contribution in [2.45, 2.75) is 32.7 Å². The number of likely N-dealkylation sites (tertiary alicyclic amines) is 1. The average Bonchev–Trinajstić information content (AvgIpc) is 2.58. The minimum Gasteiger partial charge on any atom is -0.469 e. The van der Waals surface area contributed by atoms with Crippen molar-refractivity contribution in [3.05, 3.63) is 0 Å². The van der Waals surface area contributed by atoms with Crippen LogP contribution in [0.2, 0.25) is 0 Å². The topological polar surface area (TPSA) is 46.6 Å². The summed E-state index contributed by atoms with van der Waals surface area (Å²) in [6, 6.07) is 0.220. The normalized spacial score (nSPS) is 23.8. The minimum absolute atomic E-state index is 0.0646. The number of amides is 1. The van der Waals surface area contributed by atoms with E-state index in [9.17, 15) is 9.59 Å². The summed E-state index contributed by atoms with van der Waals surface area (Å²) in [5.41, 5.74) is 0. The maximum Gasteiger partial charge on any atom is 0.310 e. The molecule has 1 rings (SSSR count). The number of rotatable bonds is 3. The number of carbonyl (C=O) groups excluding carboxylic acids is 2. The van der Waals surface area contributed by atoms with Crippen molar-refractivity contribution in [2.24, 2.45) is 5.92 Å². The number of nitrogens with zero attached hydrogens (tertiary/aromatic N) is 1. The summed E-state index contributed by atoms with van der Waals surface area (Å²) < 4.78 is 4.63. The Morgan fingerprint density at radius 2 is 2.36 bits per heavy atom. The van der Waals surface area contributed by atoms with Gasteiger partial charge in [-0.05, 0) is 13.3 Å². The van der Waals surface area contributed by atoms with Crippen LogP contribution in [-0.4, -0.2) is 36.5 Å². The van der Waals surface area contributed by atoms with E-state index in [-0.39, 0.29) is 23.8 Å². The molecule has 0 N–H and O–H groups in total. The van der Waals surface area contributed by atoms with Crippen LogP contribution < -0.4 is 0 Å². The first-order chi connectivity index (χ1) is 6.60. The predicted octanol–water partition coefficient (Wildman–Crippen LogP) is 0.806. The van der Waals surface area contributed by atoms with Gasteiger partial charge < -0.3 is 9.64 Å². The average molecular weight is 199 g/mol. The number of hydrogen-bond donors (Lipinski definition) is 0. The van der Waals surface area contributed by atoms with Gasteiger partial charge in [0.2, 0.25) is 5.91 Å². The number of carbonyl (C=O) groups is 2. The molecule has 0 spiro atoms. The van der Waals surface area contributed by atoms with E-state index in [1.807, 2.05) is 13.8 Å². The third-order valence-electron chi connectivity index (χ3n) is 2.82. The van der Waals surface area contributed by atoms with E-state index in [0.717, 1.165) is 6.42 Å². The highest BCUT2D eigenvalue weighted by Gasteiger charge is 2.36. The van der Waals surface area contributed by atoms with Crippen LogP contribution >= 0.6 is 0 Å². The zero-order valence-corrected chi connectivity index (χ0v) is 8.95. The van der Waals surface area contributed by atoms with Crippen molar-refractivity contribution in [3.8, 4) is 0 Å². The van der Waals surface area contributed by atoms with Crippen molar-refractivity contribution < 1.29 is 14.3 Å². The molecule has 0 bridgehead atoms. The second kappa shape index (κ2) is 4.44. The highest BCUT2D eigenvalue weighted by atomic mass is 16.5. The minimum atomic E-state index is -0.274. The first-order valence-corrected chi connectivity index (χ1v) is 4.97. The molecule has 4 nitrogen and oxygen atoms in total. The molecule has 4 heteroatoms. The lowest BCUT2D eigenvalue weighted by atomic mass is 10.1. The van der Waals surface area contributed by atoms with Gasteiger partial charge in [-0.2, -0.15) is 0 Å². The lowest BCUT2D eigenvalue weighted by molar-refractivity contribution is -0.145. The molecular weight excluding hydrogens is 182 g/mol. The highest BCUT2D eigenvalue weighted by Crippen LogP contribution is 2.22. The highest BCUT2D eigenvalue weighted by molar-refractivity contribution is 5.86. The summed E-state index contributed by atoms with van der Waals surface area (Å²) in [6.45, 7) is 4.54. The van der Waals surface area contributed by atoms with E-state index < -0.39 is 0 Å². The standard InChI is InChI=1S/C10H17NO3/c1-4-7(2)11-6-8(5-9(11)12)10(13)14-3/h7-8H,4-6H2,1-3H3. The monoisotopic (exact) mass is 199 g/mol. The summed E-state index contributed by atoms with van der Waals surface area (Å²) in [6.07, 6.45) is 1.22. The molecule has 2 unspecified atom stereocenters. The van der Waals surface area contributed by atoms with Crippen LogP contribution in [0.25, 0.3) is 0 Å². The van der Waals surface area contributed by atoms with E-state index in [1.54, 1.807) is 4.90 Å². The Morgan fingerprint density at radius 3 is 2.86 bits per heavy atom. The fourth-order valence-corrected chi connectivity index (χ4v) is 1.70. The van der Waals surface area contributed by atoms with Crippen molar-refractivity contribution in [3.63, 3.8) is 0 Å². The fraction of sp³-hybridized carbons (Fsp3) is 0.800. The summed E-state index contributed by atoms with van der Waals surface area (Å²) in [7, 11) is 1.36. The Morgan fingerprint density at radius 1 is 1.71 bits per heavy atom. The van der Waals surface area contributed by atoms with Crippen LogP contribution in [0.1, 0.15) is 26.7 Å². The van der Waals surface area contributed by atoms with Gasteiger partial charge in [0, 0.05) is 19.0 Å². The number of hydrogen-bond acceptors (Lipinski definition) is 3. The lowest BCUT2D eigenvalue weighted by Gasteiger charge is -2.23. The molecular formula is C10H17NO3. The molecule has 0 aliphatic carbocycles. The summed E-state index contributed by atoms with van der Waals surface area (Å²) in [5.74, 6) is -0.472. The lowest BCUT2D eigenvalue weighted by Crippen LogP contribution is -2.34. The Balaban J connectivity index is 2.60. The first-order valence-electron chi connectivity index (χ1n) is 4.97.